The van der Waals surface area contributed by atoms with Crippen LogP contribution in [0.2, 0.25) is 54.4 Å². The Morgan fingerprint density at radius 2 is 0.385 bits per heavy atom. The molecule has 0 aromatic carbocycles. The molecule has 104 heavy (non-hydrogen) atoms. The number of hydrogen-bond acceptors (Lipinski definition) is 36. The summed E-state index contributed by atoms with van der Waals surface area (Å²) in [7, 11) is 9.27. The van der Waals surface area contributed by atoms with Crippen LogP contribution < -0.4 is 22.9 Å². The zero-order chi connectivity index (χ0) is 83.0. The van der Waals surface area contributed by atoms with Gasteiger partial charge < -0.3 is 170 Å². The second-order valence-corrected chi connectivity index (χ2v) is 47.1. The number of nitrogens with two attached hydrogens (primary N) is 4. The van der Waals surface area contributed by atoms with Crippen molar-refractivity contribution in [3.05, 3.63) is 0 Å². The van der Waals surface area contributed by atoms with Crippen LogP contribution in [0.4, 0.5) is 0 Å². The van der Waals surface area contributed by atoms with E-state index in [1.54, 1.807) is 64.0 Å². The highest BCUT2D eigenvalue weighted by atomic mass is 28.4. The topological polar surface area (TPSA) is 468 Å². The Kier molecular flexibility index (Phi) is 91.4. The minimum Gasteiger partial charge on any atom is -0.390 e. The monoisotopic (exact) mass is 1680 g/mol. The molecular formula is C59H163N9O27Si9. The Morgan fingerprint density at radius 1 is 0.212 bits per heavy atom. The molecule has 0 aromatic heterocycles. The Bertz CT molecular complexity index is 1640. The van der Waals surface area contributed by atoms with E-state index in [0.29, 0.717) is 104 Å². The molecule has 17 N–H and O–H groups in total. The van der Waals surface area contributed by atoms with E-state index < -0.39 is 79.2 Å². The van der Waals surface area contributed by atoms with E-state index in [1.165, 1.54) is 0 Å². The minimum absolute atomic E-state index is 0.0451. The third-order valence-electron chi connectivity index (χ3n) is 13.2. The summed E-state index contributed by atoms with van der Waals surface area (Å²) in [6.07, 6.45) is 3.19. The maximum absolute atomic E-state index is 8.56. The molecule has 0 aliphatic heterocycles. The molecule has 0 aliphatic carbocycles. The zero-order valence-electron chi connectivity index (χ0n) is 70.3. The van der Waals surface area contributed by atoms with Crippen molar-refractivity contribution in [2.24, 2.45) is 22.9 Å². The largest absolute Gasteiger partial charge is 0.502 e. The summed E-state index contributed by atoms with van der Waals surface area (Å²) < 4.78 is 98.1. The van der Waals surface area contributed by atoms with Crippen LogP contribution in [0.5, 0.6) is 0 Å². The molecule has 0 rings (SSSR count). The predicted octanol–water partition coefficient (Wildman–Crippen LogP) is 0.608. The number of hydrogen-bond donors (Lipinski definition) is 13. The van der Waals surface area contributed by atoms with Crippen LogP contribution in [0.15, 0.2) is 0 Å². The maximum atomic E-state index is 8.56. The Hall–Kier alpha value is 0.512. The Balaban J connectivity index is -0.000000141. The summed E-state index contributed by atoms with van der Waals surface area (Å²) in [4.78, 5) is 85.7. The van der Waals surface area contributed by atoms with Gasteiger partial charge in [-0.15, -0.1) is 0 Å². The van der Waals surface area contributed by atoms with Crippen molar-refractivity contribution in [2.75, 3.05) is 253 Å². The smallest absolute Gasteiger partial charge is 0.390 e. The van der Waals surface area contributed by atoms with Crippen molar-refractivity contribution >= 4 is 79.2 Å². The molecule has 0 aliphatic rings. The van der Waals surface area contributed by atoms with Crippen LogP contribution in [-0.2, 0) is 79.7 Å². The van der Waals surface area contributed by atoms with Crippen LogP contribution in [-0.4, -0.2) is 400 Å². The SMILES string of the molecule is CCO[Si](CCCN(C)C)(OCC)OCC.CCO[Si](CCN(C)C)(OCC)OCC.CCO[Si](CCN)(OCC)OCC.CN(C)CCC[Si](O)(O)O.CO[Si](CCCN(C)C)(OC)OC.CO[Si](CCN(C)C)(OC)OC.CO[Si](CCN)(OC)OC.NCCC[Si](O)(O)O.NCC[Si](O)(O)O. The van der Waals surface area contributed by atoms with Crippen LogP contribution in [0.1, 0.15) is 88.0 Å². The molecule has 45 heteroatoms. The molecule has 0 saturated heterocycles. The summed E-state index contributed by atoms with van der Waals surface area (Å²) in [5.41, 5.74) is 20.7. The van der Waals surface area contributed by atoms with Gasteiger partial charge in [-0.3, -0.25) is 0 Å². The fraction of sp³-hybridized carbons (Fsp3) is 1.00. The fourth-order valence-corrected chi connectivity index (χ4v) is 22.5. The van der Waals surface area contributed by atoms with E-state index in [9.17, 15) is 0 Å². The summed E-state index contributed by atoms with van der Waals surface area (Å²) in [6, 6.07) is 4.91. The number of rotatable bonds is 54. The molecule has 0 bridgehead atoms. The highest BCUT2D eigenvalue weighted by molar-refractivity contribution is 6.62. The van der Waals surface area contributed by atoms with E-state index in [0.717, 1.165) is 69.7 Å². The van der Waals surface area contributed by atoms with Crippen molar-refractivity contribution in [1.29, 1.82) is 0 Å². The zero-order valence-corrected chi connectivity index (χ0v) is 79.3. The van der Waals surface area contributed by atoms with Gasteiger partial charge in [0.05, 0.1) is 0 Å². The van der Waals surface area contributed by atoms with Gasteiger partial charge in [0, 0.05) is 191 Å². The van der Waals surface area contributed by atoms with Gasteiger partial charge in [-0.05, 0) is 204 Å². The molecule has 0 radical (unpaired) electrons. The van der Waals surface area contributed by atoms with Gasteiger partial charge in [0.1, 0.15) is 0 Å². The predicted molar refractivity (Wildman–Crippen MR) is 430 cm³/mol. The van der Waals surface area contributed by atoms with Crippen LogP contribution in [0.25, 0.3) is 0 Å². The van der Waals surface area contributed by atoms with E-state index in [4.69, 9.17) is 146 Å². The lowest BCUT2D eigenvalue weighted by Crippen LogP contribution is -2.47. The van der Waals surface area contributed by atoms with Gasteiger partial charge in [-0.25, -0.2) is 0 Å². The first kappa shape index (κ1) is 123. The first-order valence-electron chi connectivity index (χ1n) is 35.7. The van der Waals surface area contributed by atoms with Crippen molar-refractivity contribution in [2.45, 2.75) is 142 Å². The molecule has 0 atom stereocenters. The molecule has 642 valence electrons. The van der Waals surface area contributed by atoms with Crippen molar-refractivity contribution in [1.82, 2.24) is 24.5 Å². The lowest BCUT2D eigenvalue weighted by Gasteiger charge is -2.29. The molecule has 0 heterocycles. The summed E-state index contributed by atoms with van der Waals surface area (Å²) in [5, 5.41) is 0. The van der Waals surface area contributed by atoms with E-state index in [2.05, 4.69) is 47.8 Å². The molecule has 0 fully saturated rings. The van der Waals surface area contributed by atoms with Gasteiger partial charge in [0.25, 0.3) is 0 Å². The Morgan fingerprint density at radius 3 is 0.558 bits per heavy atom. The summed E-state index contributed by atoms with van der Waals surface area (Å²) in [6.45, 7) is 29.8. The molecule has 0 spiro atoms. The van der Waals surface area contributed by atoms with Crippen molar-refractivity contribution in [3.8, 4) is 0 Å². The van der Waals surface area contributed by atoms with E-state index >= 15 is 0 Å². The first-order chi connectivity index (χ1) is 48.4. The van der Waals surface area contributed by atoms with Crippen molar-refractivity contribution < 1.29 is 123 Å². The Labute approximate surface area is 641 Å². The third-order valence-corrected chi connectivity index (χ3v) is 33.8. The average Bonchev–Trinajstić information content (AvgIpc) is 0.894. The normalized spacial score (nSPS) is 12.3. The van der Waals surface area contributed by atoms with Crippen LogP contribution in [0, 0.1) is 0 Å². The van der Waals surface area contributed by atoms with Gasteiger partial charge >= 0.3 is 79.2 Å². The van der Waals surface area contributed by atoms with Crippen LogP contribution in [0.3, 0.4) is 0 Å². The maximum Gasteiger partial charge on any atom is 0.502 e. The highest BCUT2D eigenvalue weighted by Crippen LogP contribution is 2.20. The molecule has 0 unspecified atom stereocenters. The third kappa shape index (κ3) is 82.0. The van der Waals surface area contributed by atoms with Gasteiger partial charge in [0.2, 0.25) is 0 Å². The summed E-state index contributed by atoms with van der Waals surface area (Å²) in [5.74, 6) is 0. The first-order valence-corrected chi connectivity index (χ1v) is 53.4. The lowest BCUT2D eigenvalue weighted by atomic mass is 10.5. The van der Waals surface area contributed by atoms with Gasteiger partial charge in [-0.2, -0.15) is 0 Å². The van der Waals surface area contributed by atoms with Crippen molar-refractivity contribution in [3.63, 3.8) is 0 Å². The molecule has 0 aromatic rings. The summed E-state index contributed by atoms with van der Waals surface area (Å²) >= 11 is 0. The second kappa shape index (κ2) is 77.4. The average molecular weight is 1680 g/mol. The standard InChI is InChI=1S/C11H27NO3Si.C10H25NO3Si.2C8H21NO3Si.C7H19NO3Si.2C5H15NO3Si.C3H11NO3Si.C2H9NO3Si/c1-6-13-16(14-7-2,15-8-3)11-9-10-12(4)5;1-6-12-15(13-7-2,14-8-3)10-9-11(4)5;1-9(2)7-6-8-13(10-3,11-4)12-5;1-4-10-13(8-7-9,11-5-2)12-6-3;1-8(2)6-7-12(9-3,10-4)11-5;1-7-10(8-2,9-3)5-4-6;1-6(2)4-3-5-10(7,8)9;4-2-1-3-8(5,6)7;3-1-2-7(4,5)6/h6-11H2,1-5H3;6-10H2,1-5H3;6-8H2,1-5H3;4-9H2,1-3H3;6-7H2,1-5H3;4-6H2,1-3H3;7-9H,3-5H2,1-2H3;5-7H,1-4H2;4-6H,1-3H2. The fourth-order valence-electron chi connectivity index (χ4n) is 8.14. The van der Waals surface area contributed by atoms with Gasteiger partial charge in [0.15, 0.2) is 0 Å². The van der Waals surface area contributed by atoms with Gasteiger partial charge in [-0.1, -0.05) is 0 Å². The van der Waals surface area contributed by atoms with E-state index in [-0.39, 0.29) is 24.7 Å². The molecule has 0 saturated carbocycles. The number of nitrogens with zero attached hydrogens (tertiary/aromatic N) is 5. The second-order valence-electron chi connectivity index (χ2n) is 23.5. The van der Waals surface area contributed by atoms with E-state index in [1.807, 2.05) is 109 Å². The molecular weight excluding hydrogens is 1520 g/mol. The quantitative estimate of drug-likeness (QED) is 0.0371. The molecule has 0 amide bonds. The highest BCUT2D eigenvalue weighted by Gasteiger charge is 2.43. The lowest BCUT2D eigenvalue weighted by molar-refractivity contribution is 0.0689. The molecule has 36 nitrogen and oxygen atoms in total. The minimum atomic E-state index is -3.78. The van der Waals surface area contributed by atoms with Crippen LogP contribution >= 0.6 is 0 Å².